The quantitative estimate of drug-likeness (QED) is 0.272. The zero-order valence-corrected chi connectivity index (χ0v) is 14.7. The fourth-order valence-electron chi connectivity index (χ4n) is 3.74. The average molecular weight is 338 g/mol. The van der Waals surface area contributed by atoms with E-state index in [4.69, 9.17) is 0 Å². The Morgan fingerprint density at radius 3 is 2.08 bits per heavy atom. The van der Waals surface area contributed by atoms with E-state index in [1.807, 2.05) is 0 Å². The Morgan fingerprint density at radius 1 is 0.917 bits per heavy atom. The second kappa shape index (κ2) is 9.90. The van der Waals surface area contributed by atoms with Crippen LogP contribution in [-0.2, 0) is 6.42 Å². The SMILES string of the molecule is CC/C=C/CCC[C@H]1CC[C@H](CCc2cc(F)c(F)c(F)c2)CC1. The van der Waals surface area contributed by atoms with Gasteiger partial charge in [0.15, 0.2) is 17.5 Å². The molecule has 0 amide bonds. The highest BCUT2D eigenvalue weighted by Gasteiger charge is 2.21. The van der Waals surface area contributed by atoms with Gasteiger partial charge in [0, 0.05) is 0 Å². The van der Waals surface area contributed by atoms with Crippen molar-refractivity contribution in [3.63, 3.8) is 0 Å². The van der Waals surface area contributed by atoms with Crippen molar-refractivity contribution >= 4 is 0 Å². The maximum Gasteiger partial charge on any atom is 0.194 e. The minimum atomic E-state index is -1.37. The summed E-state index contributed by atoms with van der Waals surface area (Å²) in [5.74, 6) is -2.04. The summed E-state index contributed by atoms with van der Waals surface area (Å²) in [6.07, 6.45) is 16.0. The minimum absolute atomic E-state index is 0.566. The molecule has 0 atom stereocenters. The molecule has 0 spiro atoms. The predicted octanol–water partition coefficient (Wildman–Crippen LogP) is 6.98. The summed E-state index contributed by atoms with van der Waals surface area (Å²) >= 11 is 0. The lowest BCUT2D eigenvalue weighted by Crippen LogP contribution is -2.15. The van der Waals surface area contributed by atoms with Crippen molar-refractivity contribution in [2.24, 2.45) is 11.8 Å². The van der Waals surface area contributed by atoms with E-state index in [-0.39, 0.29) is 0 Å². The van der Waals surface area contributed by atoms with Crippen molar-refractivity contribution < 1.29 is 13.2 Å². The molecule has 24 heavy (non-hydrogen) atoms. The molecule has 0 bridgehead atoms. The number of hydrogen-bond donors (Lipinski definition) is 0. The summed E-state index contributed by atoms with van der Waals surface area (Å²) in [7, 11) is 0. The van der Waals surface area contributed by atoms with Crippen LogP contribution >= 0.6 is 0 Å². The fraction of sp³-hybridized carbons (Fsp3) is 0.619. The zero-order valence-electron chi connectivity index (χ0n) is 14.7. The van der Waals surface area contributed by atoms with E-state index in [1.165, 1.54) is 44.9 Å². The molecule has 0 aromatic heterocycles. The third-order valence-corrected chi connectivity index (χ3v) is 5.24. The van der Waals surface area contributed by atoms with E-state index in [0.717, 1.165) is 30.9 Å². The summed E-state index contributed by atoms with van der Waals surface area (Å²) in [4.78, 5) is 0. The van der Waals surface area contributed by atoms with Crippen LogP contribution in [-0.4, -0.2) is 0 Å². The molecule has 0 nitrogen and oxygen atoms in total. The Hall–Kier alpha value is -1.25. The third kappa shape index (κ3) is 5.99. The van der Waals surface area contributed by atoms with E-state index >= 15 is 0 Å². The van der Waals surface area contributed by atoms with Gasteiger partial charge in [-0.2, -0.15) is 0 Å². The van der Waals surface area contributed by atoms with Crippen LogP contribution in [0.4, 0.5) is 13.2 Å². The number of aryl methyl sites for hydroxylation is 1. The highest BCUT2D eigenvalue weighted by molar-refractivity contribution is 5.19. The molecule has 0 aliphatic heterocycles. The summed E-state index contributed by atoms with van der Waals surface area (Å²) < 4.78 is 39.4. The number of rotatable bonds is 8. The third-order valence-electron chi connectivity index (χ3n) is 5.24. The summed E-state index contributed by atoms with van der Waals surface area (Å²) in [5, 5.41) is 0. The van der Waals surface area contributed by atoms with Crippen molar-refractivity contribution in [3.05, 3.63) is 47.3 Å². The van der Waals surface area contributed by atoms with E-state index < -0.39 is 17.5 Å². The Labute approximate surface area is 144 Å². The van der Waals surface area contributed by atoms with Gasteiger partial charge in [0.05, 0.1) is 0 Å². The lowest BCUT2D eigenvalue weighted by atomic mass is 9.78. The zero-order chi connectivity index (χ0) is 17.4. The van der Waals surface area contributed by atoms with Crippen LogP contribution in [0.1, 0.15) is 70.3 Å². The van der Waals surface area contributed by atoms with Crippen LogP contribution < -0.4 is 0 Å². The molecule has 1 fully saturated rings. The Bertz CT molecular complexity index is 505. The van der Waals surface area contributed by atoms with Crippen molar-refractivity contribution in [3.8, 4) is 0 Å². The van der Waals surface area contributed by atoms with Crippen molar-refractivity contribution in [2.75, 3.05) is 0 Å². The normalized spacial score (nSPS) is 21.5. The Kier molecular flexibility index (Phi) is 7.87. The van der Waals surface area contributed by atoms with Gasteiger partial charge in [0.1, 0.15) is 0 Å². The first-order chi connectivity index (χ1) is 11.6. The topological polar surface area (TPSA) is 0 Å². The lowest BCUT2D eigenvalue weighted by Gasteiger charge is -2.28. The molecule has 0 unspecified atom stereocenters. The van der Waals surface area contributed by atoms with E-state index in [2.05, 4.69) is 19.1 Å². The summed E-state index contributed by atoms with van der Waals surface area (Å²) in [6.45, 7) is 2.16. The van der Waals surface area contributed by atoms with Gasteiger partial charge < -0.3 is 0 Å². The van der Waals surface area contributed by atoms with Gasteiger partial charge in [0.25, 0.3) is 0 Å². The molecule has 0 radical (unpaired) electrons. The molecule has 1 aromatic rings. The summed E-state index contributed by atoms with van der Waals surface area (Å²) in [6, 6.07) is 2.27. The molecule has 2 rings (SSSR count). The van der Waals surface area contributed by atoms with Gasteiger partial charge in [-0.1, -0.05) is 51.2 Å². The largest absolute Gasteiger partial charge is 0.204 e. The van der Waals surface area contributed by atoms with E-state index in [9.17, 15) is 13.2 Å². The van der Waals surface area contributed by atoms with Crippen LogP contribution in [0.5, 0.6) is 0 Å². The van der Waals surface area contributed by atoms with E-state index in [1.54, 1.807) is 0 Å². The maximum absolute atomic E-state index is 13.2. The van der Waals surface area contributed by atoms with Crippen LogP contribution in [0.2, 0.25) is 0 Å². The number of unbranched alkanes of at least 4 members (excludes halogenated alkanes) is 1. The standard InChI is InChI=1S/C21H29F3/c1-2-3-4-5-6-7-16-8-10-17(11-9-16)12-13-18-14-19(22)21(24)20(23)15-18/h3-4,14-17H,2,5-13H2,1H3/b4-3+/t16-,17-. The molecule has 0 heterocycles. The summed E-state index contributed by atoms with van der Waals surface area (Å²) in [5.41, 5.74) is 0.566. The molecular weight excluding hydrogens is 309 g/mol. The van der Waals surface area contributed by atoms with Crippen LogP contribution in [0, 0.1) is 29.3 Å². The number of benzene rings is 1. The molecular formula is C21H29F3. The van der Waals surface area contributed by atoms with Gasteiger partial charge in [0.2, 0.25) is 0 Å². The molecule has 1 aromatic carbocycles. The minimum Gasteiger partial charge on any atom is -0.204 e. The average Bonchev–Trinajstić information content (AvgIpc) is 2.58. The smallest absolute Gasteiger partial charge is 0.194 e. The molecule has 3 heteroatoms. The van der Waals surface area contributed by atoms with Crippen LogP contribution in [0.25, 0.3) is 0 Å². The van der Waals surface area contributed by atoms with E-state index in [0.29, 0.717) is 17.9 Å². The maximum atomic E-state index is 13.2. The van der Waals surface area contributed by atoms with Gasteiger partial charge in [-0.15, -0.1) is 0 Å². The first kappa shape index (κ1) is 19.1. The number of hydrogen-bond acceptors (Lipinski definition) is 0. The second-order valence-electron chi connectivity index (χ2n) is 7.11. The highest BCUT2D eigenvalue weighted by Crippen LogP contribution is 2.34. The fourth-order valence-corrected chi connectivity index (χ4v) is 3.74. The van der Waals surface area contributed by atoms with Crippen LogP contribution in [0.15, 0.2) is 24.3 Å². The monoisotopic (exact) mass is 338 g/mol. The predicted molar refractivity (Wildman–Crippen MR) is 93.4 cm³/mol. The van der Waals surface area contributed by atoms with Crippen molar-refractivity contribution in [2.45, 2.75) is 71.1 Å². The van der Waals surface area contributed by atoms with Crippen molar-refractivity contribution in [1.82, 2.24) is 0 Å². The molecule has 1 aliphatic carbocycles. The first-order valence-corrected chi connectivity index (χ1v) is 9.38. The lowest BCUT2D eigenvalue weighted by molar-refractivity contribution is 0.250. The van der Waals surface area contributed by atoms with Crippen LogP contribution in [0.3, 0.4) is 0 Å². The first-order valence-electron chi connectivity index (χ1n) is 9.38. The highest BCUT2D eigenvalue weighted by atomic mass is 19.2. The molecule has 0 saturated heterocycles. The molecule has 134 valence electrons. The van der Waals surface area contributed by atoms with Gasteiger partial charge in [-0.05, 0) is 61.6 Å². The Balaban J connectivity index is 1.67. The van der Waals surface area contributed by atoms with Gasteiger partial charge in [-0.3, -0.25) is 0 Å². The van der Waals surface area contributed by atoms with Crippen molar-refractivity contribution in [1.29, 1.82) is 0 Å². The van der Waals surface area contributed by atoms with Gasteiger partial charge >= 0.3 is 0 Å². The second-order valence-corrected chi connectivity index (χ2v) is 7.11. The Morgan fingerprint density at radius 2 is 1.50 bits per heavy atom. The molecule has 1 saturated carbocycles. The molecule has 0 N–H and O–H groups in total. The number of halogens is 3. The number of allylic oxidation sites excluding steroid dienone is 2. The molecule has 1 aliphatic rings. The van der Waals surface area contributed by atoms with Gasteiger partial charge in [-0.25, -0.2) is 13.2 Å².